The maximum absolute atomic E-state index is 12.7. The molecule has 4 N–H and O–H groups in total. The highest BCUT2D eigenvalue weighted by Crippen LogP contribution is 2.20. The number of benzene rings is 1. The van der Waals surface area contributed by atoms with E-state index in [4.69, 9.17) is 4.74 Å². The number of ether oxygens (including phenoxy) is 1. The van der Waals surface area contributed by atoms with Crippen molar-refractivity contribution >= 4 is 29.3 Å². The van der Waals surface area contributed by atoms with Crippen molar-refractivity contribution in [3.8, 4) is 0 Å². The fraction of sp³-hybridized carbons (Fsp3) is 0.609. The summed E-state index contributed by atoms with van der Waals surface area (Å²) in [7, 11) is 0. The van der Waals surface area contributed by atoms with Crippen molar-refractivity contribution in [2.24, 2.45) is 11.8 Å². The van der Waals surface area contributed by atoms with E-state index in [-0.39, 0.29) is 30.0 Å². The Morgan fingerprint density at radius 1 is 1.03 bits per heavy atom. The molecule has 5 amide bonds. The number of nitrogens with one attached hydrogen (secondary N) is 4. The minimum atomic E-state index is -0.257. The summed E-state index contributed by atoms with van der Waals surface area (Å²) in [6.45, 7) is 6.98. The molecule has 1 aromatic carbocycles. The van der Waals surface area contributed by atoms with Crippen LogP contribution in [0.5, 0.6) is 0 Å². The predicted octanol–water partition coefficient (Wildman–Crippen LogP) is 3.00. The van der Waals surface area contributed by atoms with Gasteiger partial charge in [0.1, 0.15) is 0 Å². The fourth-order valence-corrected chi connectivity index (χ4v) is 3.85. The number of amides is 5. The quantitative estimate of drug-likeness (QED) is 0.517. The number of carbonyl (C=O) groups is 3. The topological polar surface area (TPSA) is 112 Å². The number of carbonyl (C=O) groups excluding carboxylic acids is 3. The molecule has 2 fully saturated rings. The molecule has 9 heteroatoms. The second-order valence-electron chi connectivity index (χ2n) is 8.90. The van der Waals surface area contributed by atoms with Crippen LogP contribution in [-0.4, -0.2) is 61.8 Å². The summed E-state index contributed by atoms with van der Waals surface area (Å²) in [6, 6.07) is 6.48. The zero-order valence-corrected chi connectivity index (χ0v) is 19.0. The summed E-state index contributed by atoms with van der Waals surface area (Å²) in [6.07, 6.45) is 3.71. The zero-order chi connectivity index (χ0) is 22.9. The van der Waals surface area contributed by atoms with Crippen LogP contribution in [0.15, 0.2) is 24.3 Å². The number of rotatable bonds is 7. The van der Waals surface area contributed by atoms with E-state index < -0.39 is 0 Å². The third-order valence-electron chi connectivity index (χ3n) is 5.67. The van der Waals surface area contributed by atoms with Crippen molar-refractivity contribution in [1.29, 1.82) is 0 Å². The van der Waals surface area contributed by atoms with Crippen molar-refractivity contribution in [3.05, 3.63) is 24.3 Å². The molecular weight excluding hydrogens is 410 g/mol. The minimum absolute atomic E-state index is 0.0100. The molecule has 9 nitrogen and oxygen atoms in total. The number of piperidine rings is 1. The van der Waals surface area contributed by atoms with Gasteiger partial charge < -0.3 is 30.9 Å². The minimum Gasteiger partial charge on any atom is -0.376 e. The van der Waals surface area contributed by atoms with Crippen molar-refractivity contribution < 1.29 is 19.1 Å². The van der Waals surface area contributed by atoms with E-state index in [2.05, 4.69) is 21.3 Å². The van der Waals surface area contributed by atoms with E-state index in [1.807, 2.05) is 13.8 Å². The van der Waals surface area contributed by atoms with Crippen LogP contribution in [0.4, 0.5) is 21.0 Å². The average Bonchev–Trinajstić information content (AvgIpc) is 3.31. The summed E-state index contributed by atoms with van der Waals surface area (Å²) in [5.41, 5.74) is 1.28. The molecule has 176 valence electrons. The van der Waals surface area contributed by atoms with E-state index in [0.717, 1.165) is 32.3 Å². The molecular formula is C23H35N5O4. The van der Waals surface area contributed by atoms with Gasteiger partial charge in [-0.15, -0.1) is 0 Å². The van der Waals surface area contributed by atoms with Crippen LogP contribution in [0.3, 0.4) is 0 Å². The Kier molecular flexibility index (Phi) is 8.72. The van der Waals surface area contributed by atoms with Gasteiger partial charge in [0.15, 0.2) is 0 Å². The van der Waals surface area contributed by atoms with Gasteiger partial charge in [0, 0.05) is 44.2 Å². The van der Waals surface area contributed by atoms with Crippen LogP contribution >= 0.6 is 0 Å². The molecule has 0 unspecified atom stereocenters. The Balaban J connectivity index is 1.44. The van der Waals surface area contributed by atoms with E-state index in [9.17, 15) is 14.4 Å². The van der Waals surface area contributed by atoms with Gasteiger partial charge in [0.2, 0.25) is 5.91 Å². The highest BCUT2D eigenvalue weighted by atomic mass is 16.5. The number of likely N-dealkylation sites (tertiary alicyclic amines) is 1. The van der Waals surface area contributed by atoms with Crippen molar-refractivity contribution in [3.63, 3.8) is 0 Å². The van der Waals surface area contributed by atoms with E-state index in [1.54, 1.807) is 29.2 Å². The molecule has 0 saturated carbocycles. The number of hydrogen-bond donors (Lipinski definition) is 4. The van der Waals surface area contributed by atoms with Gasteiger partial charge in [-0.3, -0.25) is 4.79 Å². The van der Waals surface area contributed by atoms with Crippen LogP contribution in [0, 0.1) is 11.8 Å². The van der Waals surface area contributed by atoms with E-state index in [1.165, 1.54) is 0 Å². The van der Waals surface area contributed by atoms with Crippen molar-refractivity contribution in [1.82, 2.24) is 15.5 Å². The number of hydrogen-bond acceptors (Lipinski definition) is 4. The number of anilines is 2. The monoisotopic (exact) mass is 445 g/mol. The Bertz CT molecular complexity index is 777. The van der Waals surface area contributed by atoms with Gasteiger partial charge in [-0.25, -0.2) is 9.59 Å². The maximum Gasteiger partial charge on any atom is 0.321 e. The van der Waals surface area contributed by atoms with Crippen LogP contribution in [0.25, 0.3) is 0 Å². The molecule has 0 aromatic heterocycles. The number of urea groups is 2. The highest BCUT2D eigenvalue weighted by Gasteiger charge is 2.29. The smallest absolute Gasteiger partial charge is 0.321 e. The molecule has 2 aliphatic rings. The van der Waals surface area contributed by atoms with Crippen LogP contribution < -0.4 is 21.3 Å². The molecule has 0 bridgehead atoms. The van der Waals surface area contributed by atoms with Crippen LogP contribution in [0.2, 0.25) is 0 Å². The van der Waals surface area contributed by atoms with Gasteiger partial charge in [0.05, 0.1) is 12.0 Å². The lowest BCUT2D eigenvalue weighted by atomic mass is 9.97. The molecule has 2 saturated heterocycles. The second-order valence-corrected chi connectivity index (χ2v) is 8.90. The standard InChI is InChI=1S/C23H35N5O4/c1-16(2)13-25-22(30)26-18-7-9-19(10-8-18)27-23(31)28-11-3-5-17(15-28)21(29)24-14-20-6-4-12-32-20/h7-10,16-17,20H,3-6,11-15H2,1-2H3,(H,24,29)(H,27,31)(H2,25,26,30)/t17-,20+/m0/s1. The Morgan fingerprint density at radius 3 is 2.41 bits per heavy atom. The first kappa shape index (κ1) is 23.8. The zero-order valence-electron chi connectivity index (χ0n) is 19.0. The molecule has 2 heterocycles. The van der Waals surface area contributed by atoms with Gasteiger partial charge in [0.25, 0.3) is 0 Å². The lowest BCUT2D eigenvalue weighted by molar-refractivity contribution is -0.126. The molecule has 2 aliphatic heterocycles. The first-order chi connectivity index (χ1) is 15.4. The van der Waals surface area contributed by atoms with Gasteiger partial charge in [-0.1, -0.05) is 13.8 Å². The molecule has 0 radical (unpaired) electrons. The average molecular weight is 446 g/mol. The Hall–Kier alpha value is -2.81. The second kappa shape index (κ2) is 11.7. The van der Waals surface area contributed by atoms with Gasteiger partial charge in [-0.2, -0.15) is 0 Å². The summed E-state index contributed by atoms with van der Waals surface area (Å²) in [5.74, 6) is 0.163. The summed E-state index contributed by atoms with van der Waals surface area (Å²) in [5, 5.41) is 11.4. The number of nitrogens with zero attached hydrogens (tertiary/aromatic N) is 1. The molecule has 0 aliphatic carbocycles. The van der Waals surface area contributed by atoms with E-state index in [0.29, 0.717) is 43.5 Å². The van der Waals surface area contributed by atoms with Crippen molar-refractivity contribution in [2.45, 2.75) is 45.6 Å². The summed E-state index contributed by atoms with van der Waals surface area (Å²) < 4.78 is 5.55. The van der Waals surface area contributed by atoms with Crippen LogP contribution in [0.1, 0.15) is 39.5 Å². The lowest BCUT2D eigenvalue weighted by Crippen LogP contribution is -2.47. The Morgan fingerprint density at radius 2 is 1.75 bits per heavy atom. The largest absolute Gasteiger partial charge is 0.376 e. The third kappa shape index (κ3) is 7.40. The first-order valence-electron chi connectivity index (χ1n) is 11.5. The molecule has 2 atom stereocenters. The fourth-order valence-electron chi connectivity index (χ4n) is 3.85. The molecule has 1 aromatic rings. The lowest BCUT2D eigenvalue weighted by Gasteiger charge is -2.32. The van der Waals surface area contributed by atoms with Gasteiger partial charge in [-0.05, 0) is 55.9 Å². The third-order valence-corrected chi connectivity index (χ3v) is 5.67. The predicted molar refractivity (Wildman–Crippen MR) is 124 cm³/mol. The molecule has 32 heavy (non-hydrogen) atoms. The van der Waals surface area contributed by atoms with Gasteiger partial charge >= 0.3 is 12.1 Å². The SMILES string of the molecule is CC(C)CNC(=O)Nc1ccc(NC(=O)N2CCC[C@H](C(=O)NC[C@H]3CCCO3)C2)cc1. The highest BCUT2D eigenvalue weighted by molar-refractivity contribution is 5.92. The summed E-state index contributed by atoms with van der Waals surface area (Å²) >= 11 is 0. The first-order valence-corrected chi connectivity index (χ1v) is 11.5. The Labute approximate surface area is 189 Å². The molecule has 0 spiro atoms. The van der Waals surface area contributed by atoms with Crippen LogP contribution in [-0.2, 0) is 9.53 Å². The normalized spacial score (nSPS) is 20.7. The van der Waals surface area contributed by atoms with Crippen molar-refractivity contribution in [2.75, 3.05) is 43.4 Å². The van der Waals surface area contributed by atoms with E-state index >= 15 is 0 Å². The molecule has 3 rings (SSSR count). The summed E-state index contributed by atoms with van der Waals surface area (Å²) in [4.78, 5) is 38.8. The maximum atomic E-state index is 12.7.